The molecule has 5 rings (SSSR count). The minimum Gasteiger partial charge on any atom is -0.497 e. The minimum absolute atomic E-state index is 0.0650. The van der Waals surface area contributed by atoms with E-state index >= 15 is 0 Å². The molecule has 1 unspecified atom stereocenters. The first-order chi connectivity index (χ1) is 17.1. The van der Waals surface area contributed by atoms with Gasteiger partial charge in [0.05, 0.1) is 7.11 Å². The maximum absolute atomic E-state index is 13.5. The van der Waals surface area contributed by atoms with E-state index in [1.807, 2.05) is 59.5 Å². The third-order valence-electron chi connectivity index (χ3n) is 7.39. The summed E-state index contributed by atoms with van der Waals surface area (Å²) in [5.41, 5.74) is 3.93. The molecule has 0 spiro atoms. The summed E-state index contributed by atoms with van der Waals surface area (Å²) in [5.74, 6) is 1.32. The molecule has 1 atom stereocenters. The lowest BCUT2D eigenvalue weighted by Crippen LogP contribution is -2.49. The molecule has 2 saturated heterocycles. The Bertz CT molecular complexity index is 1180. The van der Waals surface area contributed by atoms with Crippen molar-refractivity contribution in [1.82, 2.24) is 9.80 Å². The number of benzene rings is 3. The van der Waals surface area contributed by atoms with Gasteiger partial charge in [-0.1, -0.05) is 54.6 Å². The van der Waals surface area contributed by atoms with Gasteiger partial charge in [0, 0.05) is 25.2 Å². The Kier molecular flexibility index (Phi) is 6.84. The van der Waals surface area contributed by atoms with E-state index in [0.717, 1.165) is 55.6 Å². The predicted molar refractivity (Wildman–Crippen MR) is 137 cm³/mol. The van der Waals surface area contributed by atoms with Crippen LogP contribution in [0.15, 0.2) is 78.9 Å². The zero-order chi connectivity index (χ0) is 24.2. The maximum Gasteiger partial charge on any atom is 0.254 e. The number of hydrogen-bond acceptors (Lipinski definition) is 3. The van der Waals surface area contributed by atoms with E-state index in [-0.39, 0.29) is 17.9 Å². The topological polar surface area (TPSA) is 49.9 Å². The predicted octanol–water partition coefficient (Wildman–Crippen LogP) is 5.37. The van der Waals surface area contributed by atoms with Crippen LogP contribution in [-0.2, 0) is 4.79 Å². The number of methoxy groups -OCH3 is 1. The van der Waals surface area contributed by atoms with Crippen molar-refractivity contribution in [3.05, 3.63) is 90.0 Å². The van der Waals surface area contributed by atoms with E-state index in [4.69, 9.17) is 4.74 Å². The highest BCUT2D eigenvalue weighted by atomic mass is 16.5. The Morgan fingerprint density at radius 2 is 1.51 bits per heavy atom. The van der Waals surface area contributed by atoms with Crippen molar-refractivity contribution >= 4 is 11.8 Å². The summed E-state index contributed by atoms with van der Waals surface area (Å²) >= 11 is 0. The Morgan fingerprint density at radius 3 is 2.26 bits per heavy atom. The zero-order valence-corrected chi connectivity index (χ0v) is 20.2. The Morgan fingerprint density at radius 1 is 0.800 bits per heavy atom. The van der Waals surface area contributed by atoms with Gasteiger partial charge in [-0.15, -0.1) is 0 Å². The molecule has 0 aromatic heterocycles. The summed E-state index contributed by atoms with van der Waals surface area (Å²) in [6, 6.07) is 25.7. The van der Waals surface area contributed by atoms with Crippen molar-refractivity contribution in [3.8, 4) is 16.9 Å². The standard InChI is InChI=1S/C30H32N2O3/c1-35-27-13-6-11-25(21-27)24-10-5-12-26(20-24)29(33)32-17-7-14-28(32)30(34)31-18-15-23(16-19-31)22-8-3-2-4-9-22/h2-6,8-13,20-21,23,28H,7,14-19H2,1H3. The van der Waals surface area contributed by atoms with Gasteiger partial charge in [0.25, 0.3) is 5.91 Å². The van der Waals surface area contributed by atoms with Gasteiger partial charge in [0.15, 0.2) is 0 Å². The molecule has 0 aliphatic carbocycles. The van der Waals surface area contributed by atoms with Crippen molar-refractivity contribution < 1.29 is 14.3 Å². The van der Waals surface area contributed by atoms with Crippen LogP contribution in [0.4, 0.5) is 0 Å². The molecule has 0 radical (unpaired) electrons. The summed E-state index contributed by atoms with van der Waals surface area (Å²) < 4.78 is 5.35. The number of ether oxygens (including phenoxy) is 1. The van der Waals surface area contributed by atoms with Gasteiger partial charge in [-0.25, -0.2) is 0 Å². The number of nitrogens with zero attached hydrogens (tertiary/aromatic N) is 2. The van der Waals surface area contributed by atoms with Gasteiger partial charge in [-0.05, 0) is 72.6 Å². The molecule has 0 saturated carbocycles. The van der Waals surface area contributed by atoms with Gasteiger partial charge >= 0.3 is 0 Å². The highest BCUT2D eigenvalue weighted by molar-refractivity contribution is 5.99. The Labute approximate surface area is 207 Å². The molecule has 3 aromatic rings. The van der Waals surface area contributed by atoms with Crippen molar-refractivity contribution in [2.75, 3.05) is 26.7 Å². The third kappa shape index (κ3) is 4.95. The van der Waals surface area contributed by atoms with Crippen LogP contribution < -0.4 is 4.74 Å². The summed E-state index contributed by atoms with van der Waals surface area (Å²) in [5, 5.41) is 0. The smallest absolute Gasteiger partial charge is 0.254 e. The van der Waals surface area contributed by atoms with Crippen LogP contribution in [0.1, 0.15) is 47.5 Å². The summed E-state index contributed by atoms with van der Waals surface area (Å²) in [7, 11) is 1.65. The lowest BCUT2D eigenvalue weighted by molar-refractivity contribution is -0.136. The fourth-order valence-corrected chi connectivity index (χ4v) is 5.44. The number of rotatable bonds is 5. The molecule has 2 aliphatic heterocycles. The van der Waals surface area contributed by atoms with Crippen LogP contribution in [0.5, 0.6) is 5.75 Å². The van der Waals surface area contributed by atoms with Gasteiger partial charge < -0.3 is 14.5 Å². The van der Waals surface area contributed by atoms with E-state index in [1.54, 1.807) is 12.0 Å². The van der Waals surface area contributed by atoms with Crippen LogP contribution in [0.2, 0.25) is 0 Å². The van der Waals surface area contributed by atoms with Crippen LogP contribution in [0.3, 0.4) is 0 Å². The molecular formula is C30H32N2O3. The fraction of sp³-hybridized carbons (Fsp3) is 0.333. The van der Waals surface area contributed by atoms with Crippen molar-refractivity contribution in [1.29, 1.82) is 0 Å². The van der Waals surface area contributed by atoms with Crippen LogP contribution in [0.25, 0.3) is 11.1 Å². The number of carbonyl (C=O) groups excluding carboxylic acids is 2. The SMILES string of the molecule is COc1cccc(-c2cccc(C(=O)N3CCCC3C(=O)N3CCC(c4ccccc4)CC3)c2)c1. The molecule has 2 amide bonds. The molecule has 3 aromatic carbocycles. The quantitative estimate of drug-likeness (QED) is 0.506. The number of piperidine rings is 1. The summed E-state index contributed by atoms with van der Waals surface area (Å²) in [6.07, 6.45) is 3.54. The van der Waals surface area contributed by atoms with E-state index in [0.29, 0.717) is 18.0 Å². The Hall–Kier alpha value is -3.60. The number of hydrogen-bond donors (Lipinski definition) is 0. The fourth-order valence-electron chi connectivity index (χ4n) is 5.44. The van der Waals surface area contributed by atoms with E-state index in [2.05, 4.69) is 24.3 Å². The van der Waals surface area contributed by atoms with Gasteiger partial charge in [0.1, 0.15) is 11.8 Å². The Balaban J connectivity index is 1.27. The molecule has 2 fully saturated rings. The second kappa shape index (κ2) is 10.3. The maximum atomic E-state index is 13.5. The van der Waals surface area contributed by atoms with E-state index < -0.39 is 0 Å². The third-order valence-corrected chi connectivity index (χ3v) is 7.39. The molecule has 2 aliphatic rings. The first-order valence-electron chi connectivity index (χ1n) is 12.5. The lowest BCUT2D eigenvalue weighted by atomic mass is 9.89. The first-order valence-corrected chi connectivity index (χ1v) is 12.5. The lowest BCUT2D eigenvalue weighted by Gasteiger charge is -2.35. The molecule has 2 heterocycles. The highest BCUT2D eigenvalue weighted by Gasteiger charge is 2.38. The monoisotopic (exact) mass is 468 g/mol. The molecule has 180 valence electrons. The molecule has 0 bridgehead atoms. The normalized spacial score (nSPS) is 18.5. The molecule has 0 N–H and O–H groups in total. The minimum atomic E-state index is -0.365. The largest absolute Gasteiger partial charge is 0.497 e. The van der Waals surface area contributed by atoms with Crippen molar-refractivity contribution in [2.24, 2.45) is 0 Å². The summed E-state index contributed by atoms with van der Waals surface area (Å²) in [4.78, 5) is 30.7. The highest BCUT2D eigenvalue weighted by Crippen LogP contribution is 2.31. The van der Waals surface area contributed by atoms with E-state index in [9.17, 15) is 9.59 Å². The van der Waals surface area contributed by atoms with Gasteiger partial charge in [-0.2, -0.15) is 0 Å². The molecule has 5 heteroatoms. The van der Waals surface area contributed by atoms with Crippen LogP contribution in [0, 0.1) is 0 Å². The second-order valence-corrected chi connectivity index (χ2v) is 9.48. The molecule has 35 heavy (non-hydrogen) atoms. The molecular weight excluding hydrogens is 436 g/mol. The molecule has 5 nitrogen and oxygen atoms in total. The number of likely N-dealkylation sites (tertiary alicyclic amines) is 2. The van der Waals surface area contributed by atoms with Gasteiger partial charge in [0.2, 0.25) is 5.91 Å². The van der Waals surface area contributed by atoms with Gasteiger partial charge in [-0.3, -0.25) is 9.59 Å². The second-order valence-electron chi connectivity index (χ2n) is 9.48. The first kappa shape index (κ1) is 23.2. The zero-order valence-electron chi connectivity index (χ0n) is 20.2. The summed E-state index contributed by atoms with van der Waals surface area (Å²) in [6.45, 7) is 2.13. The van der Waals surface area contributed by atoms with Crippen LogP contribution >= 0.6 is 0 Å². The van der Waals surface area contributed by atoms with E-state index in [1.165, 1.54) is 5.56 Å². The van der Waals surface area contributed by atoms with Crippen molar-refractivity contribution in [3.63, 3.8) is 0 Å². The average molecular weight is 469 g/mol. The van der Waals surface area contributed by atoms with Crippen molar-refractivity contribution in [2.45, 2.75) is 37.6 Å². The average Bonchev–Trinajstić information content (AvgIpc) is 3.43. The number of amides is 2. The van der Waals surface area contributed by atoms with Crippen LogP contribution in [-0.4, -0.2) is 54.4 Å². The number of carbonyl (C=O) groups is 2.